The monoisotopic (exact) mass is 214 g/mol. The van der Waals surface area contributed by atoms with E-state index in [4.69, 9.17) is 5.53 Å². The topological polar surface area (TPSA) is 96.5 Å². The van der Waals surface area contributed by atoms with Gasteiger partial charge in [0, 0.05) is 4.91 Å². The minimum Gasteiger partial charge on any atom is -0.285 e. The molecule has 1 aromatic heterocycles. The number of benzene rings is 1. The van der Waals surface area contributed by atoms with E-state index in [9.17, 15) is 4.79 Å². The van der Waals surface area contributed by atoms with Gasteiger partial charge in [0.2, 0.25) is 0 Å². The second-order valence-corrected chi connectivity index (χ2v) is 2.88. The van der Waals surface area contributed by atoms with Crippen molar-refractivity contribution in [2.45, 2.75) is 0 Å². The zero-order valence-electron chi connectivity index (χ0n) is 8.06. The lowest BCUT2D eigenvalue weighted by Crippen LogP contribution is -1.94. The van der Waals surface area contributed by atoms with E-state index < -0.39 is 5.91 Å². The molecule has 7 heteroatoms. The quantitative estimate of drug-likeness (QED) is 0.432. The highest BCUT2D eigenvalue weighted by Crippen LogP contribution is 2.06. The molecule has 0 radical (unpaired) electrons. The van der Waals surface area contributed by atoms with Gasteiger partial charge in [-0.25, -0.2) is 4.68 Å². The van der Waals surface area contributed by atoms with Crippen molar-refractivity contribution in [2.75, 3.05) is 0 Å². The molecule has 0 aliphatic rings. The summed E-state index contributed by atoms with van der Waals surface area (Å²) in [6.07, 6.45) is 1.41. The van der Waals surface area contributed by atoms with Crippen molar-refractivity contribution in [2.24, 2.45) is 5.11 Å². The van der Waals surface area contributed by atoms with Gasteiger partial charge in [0.1, 0.15) is 0 Å². The van der Waals surface area contributed by atoms with Gasteiger partial charge in [-0.2, -0.15) is 0 Å². The van der Waals surface area contributed by atoms with Gasteiger partial charge in [-0.3, -0.25) is 4.79 Å². The highest BCUT2D eigenvalue weighted by atomic mass is 16.2. The maximum Gasteiger partial charge on any atom is 0.270 e. The molecular weight excluding hydrogens is 208 g/mol. The third kappa shape index (κ3) is 1.89. The Labute approximate surface area is 89.9 Å². The van der Waals surface area contributed by atoms with Crippen LogP contribution < -0.4 is 0 Å². The molecule has 0 unspecified atom stereocenters. The Kier molecular flexibility index (Phi) is 2.62. The molecule has 0 spiro atoms. The van der Waals surface area contributed by atoms with Gasteiger partial charge in [-0.15, -0.1) is 5.10 Å². The van der Waals surface area contributed by atoms with Crippen LogP contribution in [-0.2, 0) is 0 Å². The first-order valence-corrected chi connectivity index (χ1v) is 4.38. The number of nitrogens with zero attached hydrogens (tertiary/aromatic N) is 6. The minimum absolute atomic E-state index is 0.0154. The highest BCUT2D eigenvalue weighted by Gasteiger charge is 2.08. The van der Waals surface area contributed by atoms with Crippen molar-refractivity contribution in [3.05, 3.63) is 52.7 Å². The van der Waals surface area contributed by atoms with Crippen LogP contribution in [0.5, 0.6) is 0 Å². The lowest BCUT2D eigenvalue weighted by molar-refractivity contribution is 0.0995. The van der Waals surface area contributed by atoms with E-state index >= 15 is 0 Å². The first-order valence-electron chi connectivity index (χ1n) is 4.38. The van der Waals surface area contributed by atoms with Gasteiger partial charge >= 0.3 is 0 Å². The normalized spacial score (nSPS) is 9.50. The van der Waals surface area contributed by atoms with Gasteiger partial charge in [-0.05, 0) is 22.8 Å². The smallest absolute Gasteiger partial charge is 0.270 e. The lowest BCUT2D eigenvalue weighted by Gasteiger charge is -1.96. The average molecular weight is 214 g/mol. The third-order valence-corrected chi connectivity index (χ3v) is 1.87. The molecule has 0 fully saturated rings. The van der Waals surface area contributed by atoms with Crippen molar-refractivity contribution in [3.8, 4) is 5.69 Å². The Morgan fingerprint density at radius 2 is 2.12 bits per heavy atom. The lowest BCUT2D eigenvalue weighted by atomic mass is 10.3. The SMILES string of the molecule is [N-]=[N+]=NC(=O)c1cn(-c2ccccc2)nn1. The predicted molar refractivity (Wildman–Crippen MR) is 54.8 cm³/mol. The van der Waals surface area contributed by atoms with Gasteiger partial charge < -0.3 is 0 Å². The maximum atomic E-state index is 11.2. The molecule has 0 aliphatic heterocycles. The van der Waals surface area contributed by atoms with Crippen molar-refractivity contribution >= 4 is 5.91 Å². The van der Waals surface area contributed by atoms with Crippen molar-refractivity contribution in [3.63, 3.8) is 0 Å². The minimum atomic E-state index is -0.746. The first-order chi connectivity index (χ1) is 7.81. The van der Waals surface area contributed by atoms with E-state index in [1.165, 1.54) is 10.9 Å². The van der Waals surface area contributed by atoms with Crippen LogP contribution in [0.3, 0.4) is 0 Å². The van der Waals surface area contributed by atoms with E-state index in [2.05, 4.69) is 20.3 Å². The van der Waals surface area contributed by atoms with Crippen molar-refractivity contribution in [1.29, 1.82) is 0 Å². The summed E-state index contributed by atoms with van der Waals surface area (Å²) in [5.41, 5.74) is 8.89. The van der Waals surface area contributed by atoms with E-state index in [-0.39, 0.29) is 5.69 Å². The summed E-state index contributed by atoms with van der Waals surface area (Å²) in [6.45, 7) is 0. The predicted octanol–water partition coefficient (Wildman–Crippen LogP) is 1.72. The summed E-state index contributed by atoms with van der Waals surface area (Å²) in [5.74, 6) is -0.746. The standard InChI is InChI=1S/C9H6N6O/c10-13-12-9(16)8-6-15(14-11-8)7-4-2-1-3-5-7/h1-6H. The van der Waals surface area contributed by atoms with Crippen LogP contribution in [0.2, 0.25) is 0 Å². The van der Waals surface area contributed by atoms with Crippen LogP contribution in [0.25, 0.3) is 16.1 Å². The van der Waals surface area contributed by atoms with Crippen LogP contribution in [0, 0.1) is 0 Å². The Bertz CT molecular complexity index is 554. The molecule has 1 amide bonds. The summed E-state index contributed by atoms with van der Waals surface area (Å²) in [5, 5.41) is 10.3. The Morgan fingerprint density at radius 3 is 2.81 bits per heavy atom. The van der Waals surface area contributed by atoms with Crippen LogP contribution in [0.1, 0.15) is 10.5 Å². The molecule has 1 aromatic carbocycles. The van der Waals surface area contributed by atoms with Crippen molar-refractivity contribution in [1.82, 2.24) is 15.0 Å². The molecular formula is C9H6N6O. The molecule has 2 aromatic rings. The summed E-state index contributed by atoms with van der Waals surface area (Å²) in [6, 6.07) is 9.18. The number of para-hydroxylation sites is 1. The number of hydrogen-bond acceptors (Lipinski definition) is 3. The number of azide groups is 1. The molecule has 0 saturated carbocycles. The second kappa shape index (κ2) is 4.24. The second-order valence-electron chi connectivity index (χ2n) is 2.88. The van der Waals surface area contributed by atoms with E-state index in [1.54, 1.807) is 0 Å². The molecule has 0 saturated heterocycles. The fraction of sp³-hybridized carbons (Fsp3) is 0. The Hall–Kier alpha value is -2.66. The van der Waals surface area contributed by atoms with Gasteiger partial charge in [0.25, 0.3) is 5.91 Å². The van der Waals surface area contributed by atoms with E-state index in [0.29, 0.717) is 0 Å². The third-order valence-electron chi connectivity index (χ3n) is 1.87. The van der Waals surface area contributed by atoms with Crippen LogP contribution >= 0.6 is 0 Å². The molecule has 2 rings (SSSR count). The van der Waals surface area contributed by atoms with Crippen LogP contribution in [0.15, 0.2) is 41.6 Å². The molecule has 0 N–H and O–H groups in total. The fourth-order valence-electron chi connectivity index (χ4n) is 1.16. The maximum absolute atomic E-state index is 11.2. The first kappa shape index (κ1) is 9.88. The van der Waals surface area contributed by atoms with Gasteiger partial charge in [0.15, 0.2) is 5.69 Å². The van der Waals surface area contributed by atoms with Gasteiger partial charge in [0.05, 0.1) is 11.9 Å². The molecule has 0 atom stereocenters. The highest BCUT2D eigenvalue weighted by molar-refractivity contribution is 5.92. The summed E-state index contributed by atoms with van der Waals surface area (Å²) >= 11 is 0. The number of carbonyl (C=O) groups excluding carboxylic acids is 1. The number of carbonyl (C=O) groups is 1. The Morgan fingerprint density at radius 1 is 1.38 bits per heavy atom. The zero-order chi connectivity index (χ0) is 11.4. The van der Waals surface area contributed by atoms with E-state index in [0.717, 1.165) is 5.69 Å². The molecule has 1 heterocycles. The molecule has 7 nitrogen and oxygen atoms in total. The van der Waals surface area contributed by atoms with Gasteiger partial charge in [-0.1, -0.05) is 23.4 Å². The summed E-state index contributed by atoms with van der Waals surface area (Å²) in [7, 11) is 0. The number of hydrogen-bond donors (Lipinski definition) is 0. The van der Waals surface area contributed by atoms with Crippen LogP contribution in [-0.4, -0.2) is 20.9 Å². The fourth-order valence-corrected chi connectivity index (χ4v) is 1.16. The number of rotatable bonds is 2. The average Bonchev–Trinajstić information content (AvgIpc) is 2.80. The summed E-state index contributed by atoms with van der Waals surface area (Å²) < 4.78 is 1.43. The number of aromatic nitrogens is 3. The zero-order valence-corrected chi connectivity index (χ0v) is 8.06. The molecule has 78 valence electrons. The Balaban J connectivity index is 2.33. The molecule has 16 heavy (non-hydrogen) atoms. The van der Waals surface area contributed by atoms with Crippen molar-refractivity contribution < 1.29 is 4.79 Å². The number of amides is 1. The van der Waals surface area contributed by atoms with Crippen LogP contribution in [0.4, 0.5) is 0 Å². The summed E-state index contributed by atoms with van der Waals surface area (Å²) in [4.78, 5) is 13.5. The largest absolute Gasteiger partial charge is 0.285 e. The molecule has 0 bridgehead atoms. The molecule has 0 aliphatic carbocycles. The van der Waals surface area contributed by atoms with E-state index in [1.807, 2.05) is 30.3 Å².